The minimum absolute atomic E-state index is 0.421. The number of rotatable bonds is 1. The van der Waals surface area contributed by atoms with E-state index >= 15 is 0 Å². The molecule has 1 aliphatic rings. The lowest BCUT2D eigenvalue weighted by molar-refractivity contribution is 0.306. The monoisotopic (exact) mass is 212 g/mol. The summed E-state index contributed by atoms with van der Waals surface area (Å²) >= 11 is 5.87. The molecule has 0 N–H and O–H groups in total. The molecule has 2 nitrogen and oxygen atoms in total. The van der Waals surface area contributed by atoms with Gasteiger partial charge in [-0.3, -0.25) is 4.68 Å². The maximum Gasteiger partial charge on any atom is 0.0806 e. The Morgan fingerprint density at radius 2 is 2.21 bits per heavy atom. The molecule has 0 saturated heterocycles. The van der Waals surface area contributed by atoms with Crippen LogP contribution >= 0.6 is 11.6 Å². The molecule has 0 fully saturated rings. The highest BCUT2D eigenvalue weighted by Gasteiger charge is 2.29. The van der Waals surface area contributed by atoms with Crippen molar-refractivity contribution in [3.05, 3.63) is 17.0 Å². The van der Waals surface area contributed by atoms with Gasteiger partial charge in [-0.2, -0.15) is 5.10 Å². The van der Waals surface area contributed by atoms with Crippen LogP contribution in [0, 0.1) is 5.41 Å². The Morgan fingerprint density at radius 3 is 2.86 bits per heavy atom. The summed E-state index contributed by atoms with van der Waals surface area (Å²) < 4.78 is 2.01. The topological polar surface area (TPSA) is 17.8 Å². The van der Waals surface area contributed by atoms with Crippen LogP contribution in [0.4, 0.5) is 0 Å². The fourth-order valence-electron chi connectivity index (χ4n) is 2.29. The highest BCUT2D eigenvalue weighted by atomic mass is 35.5. The third-order valence-corrected chi connectivity index (χ3v) is 3.44. The number of hydrogen-bond acceptors (Lipinski definition) is 1. The van der Waals surface area contributed by atoms with E-state index in [-0.39, 0.29) is 0 Å². The first kappa shape index (κ1) is 10.0. The fourth-order valence-corrected chi connectivity index (χ4v) is 2.50. The maximum absolute atomic E-state index is 5.87. The van der Waals surface area contributed by atoms with Gasteiger partial charge in [0.2, 0.25) is 0 Å². The van der Waals surface area contributed by atoms with E-state index in [1.54, 1.807) is 0 Å². The van der Waals surface area contributed by atoms with Gasteiger partial charge >= 0.3 is 0 Å². The molecular weight excluding hydrogens is 196 g/mol. The molecule has 0 bridgehead atoms. The van der Waals surface area contributed by atoms with Crippen molar-refractivity contribution < 1.29 is 0 Å². The number of hydrogen-bond donors (Lipinski definition) is 0. The zero-order valence-corrected chi connectivity index (χ0v) is 9.86. The van der Waals surface area contributed by atoms with Crippen LogP contribution in [-0.2, 0) is 25.8 Å². The molecule has 78 valence electrons. The Kier molecular flexibility index (Phi) is 2.34. The summed E-state index contributed by atoms with van der Waals surface area (Å²) in [5.74, 6) is 0.545. The third-order valence-electron chi connectivity index (χ3n) is 3.18. The summed E-state index contributed by atoms with van der Waals surface area (Å²) in [5.41, 5.74) is 4.29. The normalized spacial score (nSPS) is 19.4. The number of alkyl halides is 1. The van der Waals surface area contributed by atoms with Gasteiger partial charge in [0.25, 0.3) is 0 Å². The van der Waals surface area contributed by atoms with Gasteiger partial charge in [-0.1, -0.05) is 13.8 Å². The van der Waals surface area contributed by atoms with E-state index in [4.69, 9.17) is 11.6 Å². The van der Waals surface area contributed by atoms with Gasteiger partial charge < -0.3 is 0 Å². The first-order valence-corrected chi connectivity index (χ1v) is 5.66. The van der Waals surface area contributed by atoms with E-state index in [1.807, 2.05) is 11.7 Å². The number of fused-ring (bicyclic) bond motifs is 1. The van der Waals surface area contributed by atoms with Crippen LogP contribution in [0.1, 0.15) is 37.2 Å². The molecule has 14 heavy (non-hydrogen) atoms. The molecule has 3 heteroatoms. The molecule has 0 amide bonds. The molecule has 0 aliphatic heterocycles. The van der Waals surface area contributed by atoms with Crippen molar-refractivity contribution >= 4 is 11.6 Å². The highest BCUT2D eigenvalue weighted by molar-refractivity contribution is 6.17. The molecular formula is C11H17ClN2. The second-order valence-electron chi connectivity index (χ2n) is 4.97. The number of aromatic nitrogens is 2. The van der Waals surface area contributed by atoms with Crippen LogP contribution in [0.5, 0.6) is 0 Å². The Balaban J connectivity index is 2.43. The highest BCUT2D eigenvalue weighted by Crippen LogP contribution is 2.35. The maximum atomic E-state index is 5.87. The predicted molar refractivity (Wildman–Crippen MR) is 58.6 cm³/mol. The summed E-state index contributed by atoms with van der Waals surface area (Å²) in [4.78, 5) is 0. The van der Waals surface area contributed by atoms with Crippen molar-refractivity contribution in [2.75, 3.05) is 0 Å². The lowest BCUT2D eigenvalue weighted by atomic mass is 9.76. The van der Waals surface area contributed by atoms with Gasteiger partial charge in [0.1, 0.15) is 0 Å². The lowest BCUT2D eigenvalue weighted by Crippen LogP contribution is -2.23. The Labute approximate surface area is 90.3 Å². The van der Waals surface area contributed by atoms with Gasteiger partial charge in [0, 0.05) is 12.7 Å². The molecule has 0 unspecified atom stereocenters. The summed E-state index contributed by atoms with van der Waals surface area (Å²) in [7, 11) is 2.02. The van der Waals surface area contributed by atoms with Gasteiger partial charge in [-0.05, 0) is 30.2 Å². The smallest absolute Gasteiger partial charge is 0.0806 e. The quantitative estimate of drug-likeness (QED) is 0.655. The Hall–Kier alpha value is -0.500. The largest absolute Gasteiger partial charge is 0.272 e. The van der Waals surface area contributed by atoms with Crippen LogP contribution in [0.25, 0.3) is 0 Å². The second-order valence-corrected chi connectivity index (χ2v) is 5.24. The third kappa shape index (κ3) is 1.56. The van der Waals surface area contributed by atoms with E-state index in [0.29, 0.717) is 11.3 Å². The van der Waals surface area contributed by atoms with Crippen molar-refractivity contribution in [1.29, 1.82) is 0 Å². The predicted octanol–water partition coefficient (Wildman–Crippen LogP) is 2.67. The summed E-state index contributed by atoms with van der Waals surface area (Å²) in [6, 6.07) is 0. The molecule has 0 aromatic carbocycles. The van der Waals surface area contributed by atoms with E-state index in [1.165, 1.54) is 17.7 Å². The Bertz CT molecular complexity index is 352. The second kappa shape index (κ2) is 3.27. The lowest BCUT2D eigenvalue weighted by Gasteiger charge is -2.29. The molecule has 1 aromatic heterocycles. The minimum Gasteiger partial charge on any atom is -0.272 e. The molecule has 0 radical (unpaired) electrons. The molecule has 0 spiro atoms. The van der Waals surface area contributed by atoms with Gasteiger partial charge in [-0.25, -0.2) is 0 Å². The zero-order valence-electron chi connectivity index (χ0n) is 9.10. The van der Waals surface area contributed by atoms with Crippen LogP contribution in [0.15, 0.2) is 0 Å². The van der Waals surface area contributed by atoms with Gasteiger partial charge in [0.15, 0.2) is 0 Å². The van der Waals surface area contributed by atoms with Crippen LogP contribution in [0.3, 0.4) is 0 Å². The van der Waals surface area contributed by atoms with Gasteiger partial charge in [0.05, 0.1) is 11.6 Å². The Morgan fingerprint density at radius 1 is 1.50 bits per heavy atom. The fraction of sp³-hybridized carbons (Fsp3) is 0.727. The molecule has 1 aliphatic carbocycles. The van der Waals surface area contributed by atoms with Crippen molar-refractivity contribution in [2.45, 2.75) is 39.0 Å². The summed E-state index contributed by atoms with van der Waals surface area (Å²) in [6.07, 6.45) is 3.51. The average molecular weight is 213 g/mol. The zero-order chi connectivity index (χ0) is 10.3. The van der Waals surface area contributed by atoms with Gasteiger partial charge in [-0.15, -0.1) is 11.6 Å². The van der Waals surface area contributed by atoms with E-state index < -0.39 is 0 Å². The minimum atomic E-state index is 0.421. The summed E-state index contributed by atoms with van der Waals surface area (Å²) in [5, 5.41) is 4.46. The molecule has 0 saturated carbocycles. The van der Waals surface area contributed by atoms with Crippen molar-refractivity contribution in [3.63, 3.8) is 0 Å². The molecule has 1 heterocycles. The molecule has 0 atom stereocenters. The first-order valence-electron chi connectivity index (χ1n) is 5.13. The number of halogens is 1. The average Bonchev–Trinajstić information content (AvgIpc) is 2.41. The molecule has 1 aromatic rings. The number of aryl methyl sites for hydroxylation is 1. The van der Waals surface area contributed by atoms with Crippen LogP contribution in [-0.4, -0.2) is 9.78 Å². The van der Waals surface area contributed by atoms with E-state index in [0.717, 1.165) is 18.5 Å². The van der Waals surface area contributed by atoms with Crippen molar-refractivity contribution in [2.24, 2.45) is 12.5 Å². The van der Waals surface area contributed by atoms with E-state index in [2.05, 4.69) is 18.9 Å². The van der Waals surface area contributed by atoms with E-state index in [9.17, 15) is 0 Å². The SMILES string of the molecule is Cn1nc(CCl)c2c1CC(C)(C)CC2. The van der Waals surface area contributed by atoms with Crippen molar-refractivity contribution in [3.8, 4) is 0 Å². The first-order chi connectivity index (χ1) is 6.53. The number of nitrogens with zero attached hydrogens (tertiary/aromatic N) is 2. The van der Waals surface area contributed by atoms with Crippen LogP contribution < -0.4 is 0 Å². The van der Waals surface area contributed by atoms with Crippen LogP contribution in [0.2, 0.25) is 0 Å². The standard InChI is InChI=1S/C11H17ClN2/c1-11(2)5-4-8-9(7-12)13-14(3)10(8)6-11/h4-7H2,1-3H3. The van der Waals surface area contributed by atoms with Crippen molar-refractivity contribution in [1.82, 2.24) is 9.78 Å². The molecule has 2 rings (SSSR count). The summed E-state index contributed by atoms with van der Waals surface area (Å²) in [6.45, 7) is 4.65.